The molecule has 0 spiro atoms. The molecule has 0 aliphatic carbocycles. The van der Waals surface area contributed by atoms with Gasteiger partial charge in [-0.3, -0.25) is 0 Å². The van der Waals surface area contributed by atoms with Crippen molar-refractivity contribution >= 4 is 21.8 Å². The number of benzene rings is 1. The Morgan fingerprint density at radius 2 is 2.00 bits per heavy atom. The summed E-state index contributed by atoms with van der Waals surface area (Å²) in [6.45, 7) is 3.96. The van der Waals surface area contributed by atoms with Crippen molar-refractivity contribution in [3.63, 3.8) is 0 Å². The molecule has 1 aromatic rings. The molecule has 0 bridgehead atoms. The molecule has 0 saturated heterocycles. The number of hydrogen-bond donors (Lipinski definition) is 1. The lowest BCUT2D eigenvalue weighted by molar-refractivity contribution is 0.557. The van der Waals surface area contributed by atoms with E-state index in [9.17, 15) is 8.42 Å². The number of rotatable bonds is 8. The summed E-state index contributed by atoms with van der Waals surface area (Å²) in [6, 6.07) is 8.39. The van der Waals surface area contributed by atoms with Crippen LogP contribution in [-0.2, 0) is 16.4 Å². The zero-order valence-electron chi connectivity index (χ0n) is 11.8. The van der Waals surface area contributed by atoms with Gasteiger partial charge in [0.2, 0.25) is 10.0 Å². The highest BCUT2D eigenvalue weighted by Crippen LogP contribution is 2.13. The van der Waals surface area contributed by atoms with E-state index in [0.717, 1.165) is 23.5 Å². The highest BCUT2D eigenvalue weighted by atomic mass is 32.2. The molecule has 6 heteroatoms. The normalized spacial score (nSPS) is 12.8. The van der Waals surface area contributed by atoms with E-state index in [4.69, 9.17) is 5.26 Å². The summed E-state index contributed by atoms with van der Waals surface area (Å²) in [5, 5.41) is 8.59. The van der Waals surface area contributed by atoms with Crippen LogP contribution in [0.4, 0.5) is 0 Å². The summed E-state index contributed by atoms with van der Waals surface area (Å²) >= 11 is 1.80. The Morgan fingerprint density at radius 3 is 2.55 bits per heavy atom. The van der Waals surface area contributed by atoms with Crippen LogP contribution in [0, 0.1) is 11.3 Å². The first kappa shape index (κ1) is 17.0. The maximum atomic E-state index is 12.2. The van der Waals surface area contributed by atoms with Gasteiger partial charge < -0.3 is 0 Å². The van der Waals surface area contributed by atoms with Crippen molar-refractivity contribution in [1.29, 1.82) is 5.26 Å². The predicted octanol–water partition coefficient (Wildman–Crippen LogP) is 2.56. The minimum Gasteiger partial charge on any atom is -0.208 e. The van der Waals surface area contributed by atoms with Crippen LogP contribution < -0.4 is 4.72 Å². The van der Waals surface area contributed by atoms with Crippen LogP contribution in [0.3, 0.4) is 0 Å². The Balaban J connectivity index is 2.66. The average molecular weight is 312 g/mol. The summed E-state index contributed by atoms with van der Waals surface area (Å²) in [7, 11) is -3.47. The van der Waals surface area contributed by atoms with Gasteiger partial charge in [0.05, 0.1) is 17.4 Å². The Kier molecular flexibility index (Phi) is 7.06. The van der Waals surface area contributed by atoms with Crippen LogP contribution in [0.1, 0.15) is 25.8 Å². The highest BCUT2D eigenvalue weighted by Gasteiger charge is 2.16. The Labute approximate surface area is 125 Å². The topological polar surface area (TPSA) is 70.0 Å². The zero-order valence-corrected chi connectivity index (χ0v) is 13.4. The van der Waals surface area contributed by atoms with Crippen molar-refractivity contribution in [1.82, 2.24) is 4.72 Å². The Bertz CT molecular complexity index is 548. The number of hydrogen-bond acceptors (Lipinski definition) is 4. The van der Waals surface area contributed by atoms with Gasteiger partial charge >= 0.3 is 0 Å². The van der Waals surface area contributed by atoms with Gasteiger partial charge in [-0.2, -0.15) is 17.0 Å². The van der Waals surface area contributed by atoms with Crippen LogP contribution in [0.5, 0.6) is 0 Å². The number of sulfonamides is 1. The van der Waals surface area contributed by atoms with Gasteiger partial charge in [0.25, 0.3) is 0 Å². The molecule has 0 fully saturated rings. The third-order valence-electron chi connectivity index (χ3n) is 2.77. The predicted molar refractivity (Wildman–Crippen MR) is 83.2 cm³/mol. The zero-order chi connectivity index (χ0) is 15.0. The molecule has 1 rings (SSSR count). The van der Waals surface area contributed by atoms with E-state index in [0.29, 0.717) is 6.42 Å². The van der Waals surface area contributed by atoms with E-state index in [1.807, 2.05) is 13.0 Å². The number of nitrogens with zero attached hydrogens (tertiary/aromatic N) is 1. The van der Waals surface area contributed by atoms with Crippen molar-refractivity contribution in [2.24, 2.45) is 0 Å². The summed E-state index contributed by atoms with van der Waals surface area (Å²) in [4.78, 5) is 0.245. The molecule has 4 nitrogen and oxygen atoms in total. The highest BCUT2D eigenvalue weighted by molar-refractivity contribution is 7.99. The van der Waals surface area contributed by atoms with E-state index in [1.54, 1.807) is 36.0 Å². The molecule has 1 N–H and O–H groups in total. The maximum Gasteiger partial charge on any atom is 0.240 e. The second-order valence-corrected chi connectivity index (χ2v) is 7.59. The molecule has 0 aliphatic rings. The van der Waals surface area contributed by atoms with E-state index >= 15 is 0 Å². The average Bonchev–Trinajstić information content (AvgIpc) is 2.39. The first-order valence-electron chi connectivity index (χ1n) is 6.55. The van der Waals surface area contributed by atoms with E-state index in [2.05, 4.69) is 11.6 Å². The lowest BCUT2D eigenvalue weighted by atomic mass is 10.2. The monoisotopic (exact) mass is 312 g/mol. The summed E-state index contributed by atoms with van der Waals surface area (Å²) in [5.41, 5.74) is 0.818. The van der Waals surface area contributed by atoms with Gasteiger partial charge in [-0.25, -0.2) is 13.1 Å². The minimum atomic E-state index is -3.47. The Hall–Kier alpha value is -1.03. The van der Waals surface area contributed by atoms with Crippen LogP contribution in [0.15, 0.2) is 29.2 Å². The standard InChI is InChI=1S/C14H20N2O2S2/c1-3-19-11-9-12(2)16-20(17,18)14-6-4-13(5-7-14)8-10-15/h4-7,12,16H,3,8-9,11H2,1-2H3. The number of thioether (sulfide) groups is 1. The first-order chi connectivity index (χ1) is 9.49. The summed E-state index contributed by atoms with van der Waals surface area (Å²) in [5.74, 6) is 1.99. The van der Waals surface area contributed by atoms with Gasteiger partial charge in [0, 0.05) is 6.04 Å². The largest absolute Gasteiger partial charge is 0.240 e. The fourth-order valence-electron chi connectivity index (χ4n) is 1.67. The molecule has 0 amide bonds. The second kappa shape index (κ2) is 8.30. The van der Waals surface area contributed by atoms with Gasteiger partial charge in [0.1, 0.15) is 0 Å². The van der Waals surface area contributed by atoms with Gasteiger partial charge in [0.15, 0.2) is 0 Å². The van der Waals surface area contributed by atoms with Crippen molar-refractivity contribution in [3.8, 4) is 6.07 Å². The van der Waals surface area contributed by atoms with E-state index in [1.165, 1.54) is 0 Å². The van der Waals surface area contributed by atoms with Crippen molar-refractivity contribution in [3.05, 3.63) is 29.8 Å². The summed E-state index contributed by atoms with van der Waals surface area (Å²) in [6.07, 6.45) is 1.10. The van der Waals surface area contributed by atoms with Crippen molar-refractivity contribution in [2.45, 2.75) is 37.6 Å². The second-order valence-electron chi connectivity index (χ2n) is 4.49. The van der Waals surface area contributed by atoms with Crippen LogP contribution in [0.25, 0.3) is 0 Å². The van der Waals surface area contributed by atoms with Crippen molar-refractivity contribution < 1.29 is 8.42 Å². The molecular formula is C14H20N2O2S2. The molecule has 0 saturated carbocycles. The molecule has 0 heterocycles. The number of nitriles is 1. The molecule has 110 valence electrons. The van der Waals surface area contributed by atoms with Crippen LogP contribution in [0.2, 0.25) is 0 Å². The molecule has 1 aromatic carbocycles. The smallest absolute Gasteiger partial charge is 0.208 e. The molecule has 0 radical (unpaired) electrons. The number of nitrogens with one attached hydrogen (secondary N) is 1. The van der Waals surface area contributed by atoms with E-state index < -0.39 is 10.0 Å². The van der Waals surface area contributed by atoms with E-state index in [-0.39, 0.29) is 10.9 Å². The molecule has 20 heavy (non-hydrogen) atoms. The van der Waals surface area contributed by atoms with Gasteiger partial charge in [-0.1, -0.05) is 19.1 Å². The third kappa shape index (κ3) is 5.53. The fourth-order valence-corrected chi connectivity index (χ4v) is 3.76. The SMILES string of the molecule is CCSCCC(C)NS(=O)(=O)c1ccc(CC#N)cc1. The molecular weight excluding hydrogens is 292 g/mol. The molecule has 1 atom stereocenters. The van der Waals surface area contributed by atoms with Crippen LogP contribution >= 0.6 is 11.8 Å². The first-order valence-corrected chi connectivity index (χ1v) is 9.19. The lowest BCUT2D eigenvalue weighted by Crippen LogP contribution is -2.33. The summed E-state index contributed by atoms with van der Waals surface area (Å²) < 4.78 is 27.0. The Morgan fingerprint density at radius 1 is 1.35 bits per heavy atom. The maximum absolute atomic E-state index is 12.2. The van der Waals surface area contributed by atoms with Crippen molar-refractivity contribution in [2.75, 3.05) is 11.5 Å². The van der Waals surface area contributed by atoms with Gasteiger partial charge in [-0.05, 0) is 42.5 Å². The van der Waals surface area contributed by atoms with Gasteiger partial charge in [-0.15, -0.1) is 0 Å². The quantitative estimate of drug-likeness (QED) is 0.749. The molecule has 1 unspecified atom stereocenters. The molecule has 0 aliphatic heterocycles. The molecule has 0 aromatic heterocycles. The lowest BCUT2D eigenvalue weighted by Gasteiger charge is -2.14. The van der Waals surface area contributed by atoms with Crippen LogP contribution in [-0.4, -0.2) is 26.0 Å². The minimum absolute atomic E-state index is 0.0853. The third-order valence-corrected chi connectivity index (χ3v) is 5.31. The fraction of sp³-hybridized carbons (Fsp3) is 0.500.